The molecule has 0 radical (unpaired) electrons. The van der Waals surface area contributed by atoms with Crippen molar-refractivity contribution in [2.75, 3.05) is 19.7 Å². The molecule has 1 heterocycles. The topological polar surface area (TPSA) is 72.6 Å². The number of piperidine rings is 1. The van der Waals surface area contributed by atoms with E-state index in [1.807, 2.05) is 19.1 Å². The van der Waals surface area contributed by atoms with Crippen molar-refractivity contribution < 1.29 is 14.3 Å². The van der Waals surface area contributed by atoms with Crippen LogP contribution >= 0.6 is 0 Å². The van der Waals surface area contributed by atoms with Crippen molar-refractivity contribution in [3.63, 3.8) is 0 Å². The fourth-order valence-corrected chi connectivity index (χ4v) is 2.44. The van der Waals surface area contributed by atoms with Crippen LogP contribution in [0.4, 0.5) is 0 Å². The monoisotopic (exact) mass is 276 g/mol. The minimum absolute atomic E-state index is 0.0190. The minimum Gasteiger partial charge on any atom is -0.494 e. The molecule has 0 aliphatic carbocycles. The lowest BCUT2D eigenvalue weighted by atomic mass is 9.96. The second-order valence-corrected chi connectivity index (χ2v) is 4.93. The lowest BCUT2D eigenvalue weighted by Crippen LogP contribution is -2.41. The van der Waals surface area contributed by atoms with Crippen molar-refractivity contribution in [3.8, 4) is 5.75 Å². The summed E-state index contributed by atoms with van der Waals surface area (Å²) in [7, 11) is 0. The molecule has 0 aromatic heterocycles. The molecule has 0 spiro atoms. The molecule has 2 amide bonds. The Labute approximate surface area is 118 Å². The molecule has 5 heteroatoms. The van der Waals surface area contributed by atoms with Crippen molar-refractivity contribution in [1.29, 1.82) is 0 Å². The van der Waals surface area contributed by atoms with Gasteiger partial charge in [0.1, 0.15) is 5.75 Å². The molecule has 20 heavy (non-hydrogen) atoms. The summed E-state index contributed by atoms with van der Waals surface area (Å²) in [5, 5.41) is 0. The summed E-state index contributed by atoms with van der Waals surface area (Å²) in [6.45, 7) is 3.63. The molecule has 2 rings (SSSR count). The van der Waals surface area contributed by atoms with E-state index >= 15 is 0 Å². The number of primary amides is 1. The highest BCUT2D eigenvalue weighted by molar-refractivity contribution is 5.94. The van der Waals surface area contributed by atoms with Crippen molar-refractivity contribution >= 4 is 11.8 Å². The fourth-order valence-electron chi connectivity index (χ4n) is 2.44. The maximum absolute atomic E-state index is 12.4. The molecule has 1 aromatic carbocycles. The van der Waals surface area contributed by atoms with Gasteiger partial charge in [-0.15, -0.1) is 0 Å². The fraction of sp³-hybridized carbons (Fsp3) is 0.467. The summed E-state index contributed by atoms with van der Waals surface area (Å²) < 4.78 is 5.40. The summed E-state index contributed by atoms with van der Waals surface area (Å²) in [6, 6.07) is 7.19. The highest BCUT2D eigenvalue weighted by Gasteiger charge is 2.26. The lowest BCUT2D eigenvalue weighted by molar-refractivity contribution is -0.123. The van der Waals surface area contributed by atoms with Crippen molar-refractivity contribution in [1.82, 2.24) is 4.90 Å². The molecule has 1 aliphatic rings. The molecule has 1 saturated heterocycles. The maximum Gasteiger partial charge on any atom is 0.253 e. The first kappa shape index (κ1) is 14.4. The van der Waals surface area contributed by atoms with Crippen LogP contribution in [-0.2, 0) is 4.79 Å². The smallest absolute Gasteiger partial charge is 0.253 e. The number of amides is 2. The quantitative estimate of drug-likeness (QED) is 0.904. The molecular weight excluding hydrogens is 256 g/mol. The normalized spacial score (nSPS) is 15.9. The lowest BCUT2D eigenvalue weighted by Gasteiger charge is -2.30. The van der Waals surface area contributed by atoms with E-state index in [-0.39, 0.29) is 17.7 Å². The third-order valence-electron chi connectivity index (χ3n) is 3.58. The number of carbonyl (C=O) groups excluding carboxylic acids is 2. The Morgan fingerprint density at radius 3 is 2.65 bits per heavy atom. The van der Waals surface area contributed by atoms with Gasteiger partial charge in [0.05, 0.1) is 6.61 Å². The van der Waals surface area contributed by atoms with Crippen LogP contribution in [0.25, 0.3) is 0 Å². The van der Waals surface area contributed by atoms with Crippen LogP contribution in [0.5, 0.6) is 5.75 Å². The Morgan fingerprint density at radius 2 is 2.05 bits per heavy atom. The number of carbonyl (C=O) groups is 2. The standard InChI is InChI=1S/C15H20N2O3/c1-2-20-13-5-3-4-12(10-13)15(19)17-8-6-11(7-9-17)14(16)18/h3-5,10-11H,2,6-9H2,1H3,(H2,16,18). The number of benzene rings is 1. The SMILES string of the molecule is CCOc1cccc(C(=O)N2CCC(C(N)=O)CC2)c1. The van der Waals surface area contributed by atoms with Gasteiger partial charge in [0.15, 0.2) is 0 Å². The van der Waals surface area contributed by atoms with Gasteiger partial charge in [-0.3, -0.25) is 9.59 Å². The zero-order chi connectivity index (χ0) is 14.5. The number of ether oxygens (including phenoxy) is 1. The van der Waals surface area contributed by atoms with Crippen LogP contribution in [0.2, 0.25) is 0 Å². The molecule has 2 N–H and O–H groups in total. The van der Waals surface area contributed by atoms with E-state index in [4.69, 9.17) is 10.5 Å². The molecular formula is C15H20N2O3. The molecule has 0 saturated carbocycles. The number of hydrogen-bond donors (Lipinski definition) is 1. The average molecular weight is 276 g/mol. The van der Waals surface area contributed by atoms with Crippen LogP contribution in [0.1, 0.15) is 30.1 Å². The third kappa shape index (κ3) is 3.29. The van der Waals surface area contributed by atoms with Gasteiger partial charge < -0.3 is 15.4 Å². The molecule has 1 fully saturated rings. The zero-order valence-corrected chi connectivity index (χ0v) is 11.7. The zero-order valence-electron chi connectivity index (χ0n) is 11.7. The molecule has 1 aliphatic heterocycles. The number of nitrogens with two attached hydrogens (primary N) is 1. The third-order valence-corrected chi connectivity index (χ3v) is 3.58. The second-order valence-electron chi connectivity index (χ2n) is 4.93. The summed E-state index contributed by atoms with van der Waals surface area (Å²) in [4.78, 5) is 25.3. The number of hydrogen-bond acceptors (Lipinski definition) is 3. The predicted molar refractivity (Wildman–Crippen MR) is 75.4 cm³/mol. The predicted octanol–water partition coefficient (Wildman–Crippen LogP) is 1.42. The van der Waals surface area contributed by atoms with Crippen molar-refractivity contribution in [2.45, 2.75) is 19.8 Å². The van der Waals surface area contributed by atoms with E-state index in [9.17, 15) is 9.59 Å². The first-order valence-electron chi connectivity index (χ1n) is 6.93. The Bertz CT molecular complexity index is 494. The molecule has 0 unspecified atom stereocenters. The van der Waals surface area contributed by atoms with Gasteiger partial charge in [0.2, 0.25) is 5.91 Å². The van der Waals surface area contributed by atoms with E-state index < -0.39 is 0 Å². The molecule has 0 atom stereocenters. The maximum atomic E-state index is 12.4. The van der Waals surface area contributed by atoms with Gasteiger partial charge in [0, 0.05) is 24.6 Å². The van der Waals surface area contributed by atoms with Crippen LogP contribution in [-0.4, -0.2) is 36.4 Å². The number of likely N-dealkylation sites (tertiary alicyclic amines) is 1. The van der Waals surface area contributed by atoms with Gasteiger partial charge >= 0.3 is 0 Å². The van der Waals surface area contributed by atoms with E-state index in [2.05, 4.69) is 0 Å². The average Bonchev–Trinajstić information content (AvgIpc) is 2.47. The molecule has 0 bridgehead atoms. The Balaban J connectivity index is 2.01. The first-order chi connectivity index (χ1) is 9.61. The molecule has 5 nitrogen and oxygen atoms in total. The van der Waals surface area contributed by atoms with Gasteiger partial charge in [-0.25, -0.2) is 0 Å². The largest absolute Gasteiger partial charge is 0.494 e. The van der Waals surface area contributed by atoms with E-state index in [0.29, 0.717) is 43.9 Å². The Hall–Kier alpha value is -2.04. The van der Waals surface area contributed by atoms with Gasteiger partial charge in [0.25, 0.3) is 5.91 Å². The van der Waals surface area contributed by atoms with Gasteiger partial charge in [-0.2, -0.15) is 0 Å². The second kappa shape index (κ2) is 6.41. The number of nitrogens with zero attached hydrogens (tertiary/aromatic N) is 1. The van der Waals surface area contributed by atoms with E-state index in [0.717, 1.165) is 0 Å². The Morgan fingerprint density at radius 1 is 1.35 bits per heavy atom. The van der Waals surface area contributed by atoms with Crippen LogP contribution in [0, 0.1) is 5.92 Å². The van der Waals surface area contributed by atoms with Crippen LogP contribution < -0.4 is 10.5 Å². The summed E-state index contributed by atoms with van der Waals surface area (Å²) >= 11 is 0. The molecule has 108 valence electrons. The van der Waals surface area contributed by atoms with Gasteiger partial charge in [-0.1, -0.05) is 6.07 Å². The van der Waals surface area contributed by atoms with Crippen LogP contribution in [0.15, 0.2) is 24.3 Å². The minimum atomic E-state index is -0.268. The van der Waals surface area contributed by atoms with Gasteiger partial charge in [-0.05, 0) is 38.0 Å². The molecule has 1 aromatic rings. The van der Waals surface area contributed by atoms with Crippen molar-refractivity contribution in [3.05, 3.63) is 29.8 Å². The number of rotatable bonds is 4. The summed E-state index contributed by atoms with van der Waals surface area (Å²) in [5.41, 5.74) is 5.91. The highest BCUT2D eigenvalue weighted by Crippen LogP contribution is 2.20. The first-order valence-corrected chi connectivity index (χ1v) is 6.93. The highest BCUT2D eigenvalue weighted by atomic mass is 16.5. The van der Waals surface area contributed by atoms with Crippen molar-refractivity contribution in [2.24, 2.45) is 11.7 Å². The van der Waals surface area contributed by atoms with E-state index in [1.165, 1.54) is 0 Å². The summed E-state index contributed by atoms with van der Waals surface area (Å²) in [6.07, 6.45) is 1.29. The van der Waals surface area contributed by atoms with E-state index in [1.54, 1.807) is 17.0 Å². The summed E-state index contributed by atoms with van der Waals surface area (Å²) in [5.74, 6) is 0.309. The van der Waals surface area contributed by atoms with Crippen LogP contribution in [0.3, 0.4) is 0 Å². The Kier molecular flexibility index (Phi) is 4.61.